The van der Waals surface area contributed by atoms with Crippen molar-refractivity contribution in [3.63, 3.8) is 0 Å². The van der Waals surface area contributed by atoms with E-state index in [9.17, 15) is 32.2 Å². The van der Waals surface area contributed by atoms with Crippen molar-refractivity contribution in [3.8, 4) is 0 Å². The number of hydrogen-bond donors (Lipinski definition) is 3. The molecule has 0 aliphatic heterocycles. The van der Waals surface area contributed by atoms with Crippen molar-refractivity contribution in [1.29, 1.82) is 0 Å². The van der Waals surface area contributed by atoms with Crippen LogP contribution in [-0.4, -0.2) is 35.4 Å². The van der Waals surface area contributed by atoms with Gasteiger partial charge in [0.05, 0.1) is 15.2 Å². The summed E-state index contributed by atoms with van der Waals surface area (Å²) in [5.74, 6) is -3.78. The molecule has 3 N–H and O–H groups in total. The van der Waals surface area contributed by atoms with E-state index in [2.05, 4.69) is 5.32 Å². The Balaban J connectivity index is 1.39. The summed E-state index contributed by atoms with van der Waals surface area (Å²) in [6.45, 7) is 0. The minimum Gasteiger partial charge on any atom is -0.386 e. The number of fused-ring (bicyclic) bond motifs is 2. The second kappa shape index (κ2) is 10.0. The summed E-state index contributed by atoms with van der Waals surface area (Å²) in [5.41, 5.74) is -0.875. The fourth-order valence-electron chi connectivity index (χ4n) is 5.96. The monoisotopic (exact) mass is 561 g/mol. The van der Waals surface area contributed by atoms with Gasteiger partial charge in [0, 0.05) is 17.3 Å². The molecule has 0 aromatic heterocycles. The number of hydrogen-bond acceptors (Lipinski definition) is 5. The summed E-state index contributed by atoms with van der Waals surface area (Å²) in [4.78, 5) is 12.5. The molecule has 3 aromatic rings. The van der Waals surface area contributed by atoms with Crippen molar-refractivity contribution in [2.75, 3.05) is 5.32 Å². The maximum absolute atomic E-state index is 13.7. The maximum atomic E-state index is 13.7. The molecule has 10 heteroatoms. The van der Waals surface area contributed by atoms with E-state index < -0.39 is 56.2 Å². The zero-order valence-corrected chi connectivity index (χ0v) is 21.7. The highest BCUT2D eigenvalue weighted by Crippen LogP contribution is 2.56. The third-order valence-electron chi connectivity index (χ3n) is 7.94. The molecule has 200 valence electrons. The Morgan fingerprint density at radius 2 is 1.63 bits per heavy atom. The molecule has 38 heavy (non-hydrogen) atoms. The molecular weight excluding hydrogens is 536 g/mol. The number of sulfone groups is 1. The molecule has 2 fully saturated rings. The van der Waals surface area contributed by atoms with Crippen LogP contribution in [0.4, 0.5) is 14.5 Å². The largest absolute Gasteiger partial charge is 0.386 e. The normalized spacial score (nSPS) is 25.7. The van der Waals surface area contributed by atoms with Gasteiger partial charge in [-0.2, -0.15) is 0 Å². The predicted octanol–water partition coefficient (Wildman–Crippen LogP) is 5.30. The second-order valence-electron chi connectivity index (χ2n) is 10.0. The second-order valence-corrected chi connectivity index (χ2v) is 12.6. The molecule has 2 bridgehead atoms. The van der Waals surface area contributed by atoms with E-state index in [0.29, 0.717) is 18.4 Å². The molecule has 0 heterocycles. The van der Waals surface area contributed by atoms with E-state index in [1.165, 1.54) is 24.3 Å². The van der Waals surface area contributed by atoms with Crippen molar-refractivity contribution in [2.45, 2.75) is 47.5 Å². The molecule has 1 amide bonds. The Morgan fingerprint density at radius 1 is 0.974 bits per heavy atom. The zero-order chi connectivity index (χ0) is 27.2. The number of anilines is 1. The van der Waals surface area contributed by atoms with Gasteiger partial charge >= 0.3 is 0 Å². The van der Waals surface area contributed by atoms with Gasteiger partial charge in [-0.25, -0.2) is 17.2 Å². The number of amides is 1. The number of rotatable bonds is 6. The van der Waals surface area contributed by atoms with E-state index >= 15 is 0 Å². The molecule has 2 saturated carbocycles. The summed E-state index contributed by atoms with van der Waals surface area (Å²) in [6, 6.07) is 15.5. The number of nitrogens with one attached hydrogen (secondary N) is 1. The lowest BCUT2D eigenvalue weighted by molar-refractivity contribution is -0.144. The first-order valence-electron chi connectivity index (χ1n) is 12.3. The maximum Gasteiger partial charge on any atom is 0.255 e. The molecule has 0 radical (unpaired) electrons. The van der Waals surface area contributed by atoms with Gasteiger partial charge in [-0.3, -0.25) is 4.79 Å². The molecule has 0 spiro atoms. The highest BCUT2D eigenvalue weighted by Gasteiger charge is 2.59. The number of halogens is 3. The molecule has 3 aromatic carbocycles. The smallest absolute Gasteiger partial charge is 0.255 e. The fraction of sp³-hybridized carbons (Fsp3) is 0.321. The molecular formula is C28H26ClF2NO5S. The van der Waals surface area contributed by atoms with Crippen LogP contribution >= 0.6 is 11.6 Å². The molecule has 0 saturated heterocycles. The Hall–Kier alpha value is -2.85. The quantitative estimate of drug-likeness (QED) is 0.379. The van der Waals surface area contributed by atoms with Crippen LogP contribution in [0.2, 0.25) is 5.02 Å². The molecule has 2 aliphatic carbocycles. The van der Waals surface area contributed by atoms with Crippen molar-refractivity contribution in [3.05, 3.63) is 94.5 Å². The van der Waals surface area contributed by atoms with Crippen molar-refractivity contribution in [2.24, 2.45) is 11.8 Å². The number of carbonyl (C=O) groups is 1. The lowest BCUT2D eigenvalue weighted by Crippen LogP contribution is -2.52. The van der Waals surface area contributed by atoms with Gasteiger partial charge in [0.25, 0.3) is 5.91 Å². The van der Waals surface area contributed by atoms with Crippen molar-refractivity contribution >= 4 is 33.0 Å². The van der Waals surface area contributed by atoms with Crippen LogP contribution in [-0.2, 0) is 9.84 Å². The van der Waals surface area contributed by atoms with Gasteiger partial charge in [-0.1, -0.05) is 41.9 Å². The van der Waals surface area contributed by atoms with Gasteiger partial charge in [-0.15, -0.1) is 0 Å². The third kappa shape index (κ3) is 4.62. The lowest BCUT2D eigenvalue weighted by Gasteiger charge is -2.45. The first kappa shape index (κ1) is 26.7. The standard InChI is InChI=1S/C28H26ClF2NO5S/c29-22-10-6-17(27(34)32-20-9-11-23(30)24(31)15-20)12-25(22)38(36,37)21-13-18-7-8-19(14-21)28(18,35)26(33)16-4-2-1-3-5-16/h1-6,9-12,15,18-19,21,26,33,35H,7-8,13-14H2,(H,32,34)/t18-,19?,21?,26?,28?/m0/s1. The minimum atomic E-state index is -4.01. The van der Waals surface area contributed by atoms with E-state index in [-0.39, 0.29) is 34.0 Å². The first-order valence-corrected chi connectivity index (χ1v) is 14.2. The predicted molar refractivity (Wildman–Crippen MR) is 139 cm³/mol. The Labute approximate surface area is 224 Å². The summed E-state index contributed by atoms with van der Waals surface area (Å²) < 4.78 is 54.2. The van der Waals surface area contributed by atoms with E-state index in [1.807, 2.05) is 6.07 Å². The zero-order valence-electron chi connectivity index (χ0n) is 20.1. The number of benzene rings is 3. The lowest BCUT2D eigenvalue weighted by atomic mass is 9.69. The summed E-state index contributed by atoms with van der Waals surface area (Å²) in [5, 5.41) is 24.2. The van der Waals surface area contributed by atoms with Gasteiger partial charge in [0.15, 0.2) is 21.5 Å². The van der Waals surface area contributed by atoms with Crippen LogP contribution in [0.3, 0.4) is 0 Å². The van der Waals surface area contributed by atoms with Gasteiger partial charge < -0.3 is 15.5 Å². The van der Waals surface area contributed by atoms with Crippen LogP contribution in [0.25, 0.3) is 0 Å². The highest BCUT2D eigenvalue weighted by atomic mass is 35.5. The number of carbonyl (C=O) groups excluding carboxylic acids is 1. The molecule has 5 atom stereocenters. The van der Waals surface area contributed by atoms with Gasteiger partial charge in [0.1, 0.15) is 11.7 Å². The fourth-order valence-corrected chi connectivity index (χ4v) is 8.37. The SMILES string of the molecule is O=C(Nc1ccc(F)c(F)c1)c1ccc(Cl)c(S(=O)(=O)C2CC3CC[C@@H](C2)C3(O)C(O)c2ccccc2)c1. The van der Waals surface area contributed by atoms with E-state index in [4.69, 9.17) is 11.6 Å². The van der Waals surface area contributed by atoms with Crippen LogP contribution in [0.5, 0.6) is 0 Å². The molecule has 2 aliphatic rings. The average molecular weight is 562 g/mol. The van der Waals surface area contributed by atoms with E-state index in [1.54, 1.807) is 24.3 Å². The van der Waals surface area contributed by atoms with Crippen molar-refractivity contribution < 1.29 is 32.2 Å². The van der Waals surface area contributed by atoms with Crippen molar-refractivity contribution in [1.82, 2.24) is 0 Å². The van der Waals surface area contributed by atoms with Crippen LogP contribution in [0, 0.1) is 23.5 Å². The Bertz CT molecular complexity index is 1470. The van der Waals surface area contributed by atoms with Crippen LogP contribution in [0.15, 0.2) is 71.6 Å². The summed E-state index contributed by atoms with van der Waals surface area (Å²) in [6.07, 6.45) is 0.307. The Kier molecular flexibility index (Phi) is 7.06. The minimum absolute atomic E-state index is 0.00775. The highest BCUT2D eigenvalue weighted by molar-refractivity contribution is 7.92. The van der Waals surface area contributed by atoms with Crippen LogP contribution in [0.1, 0.15) is 47.7 Å². The summed E-state index contributed by atoms with van der Waals surface area (Å²) in [7, 11) is -4.01. The van der Waals surface area contributed by atoms with Gasteiger partial charge in [0.2, 0.25) is 0 Å². The molecule has 4 unspecified atom stereocenters. The van der Waals surface area contributed by atoms with E-state index in [0.717, 1.165) is 12.1 Å². The summed E-state index contributed by atoms with van der Waals surface area (Å²) >= 11 is 6.29. The van der Waals surface area contributed by atoms with Crippen LogP contribution < -0.4 is 5.32 Å². The van der Waals surface area contributed by atoms with Gasteiger partial charge in [-0.05, 0) is 73.4 Å². The third-order valence-corrected chi connectivity index (χ3v) is 10.6. The molecule has 5 rings (SSSR count). The number of aliphatic hydroxyl groups excluding tert-OH is 1. The number of aliphatic hydroxyl groups is 2. The Morgan fingerprint density at radius 3 is 2.26 bits per heavy atom. The molecule has 6 nitrogen and oxygen atoms in total. The topological polar surface area (TPSA) is 104 Å². The average Bonchev–Trinajstić information content (AvgIpc) is 3.06. The first-order chi connectivity index (χ1) is 18.0.